The van der Waals surface area contributed by atoms with Gasteiger partial charge in [0.1, 0.15) is 0 Å². The molecule has 0 aliphatic heterocycles. The summed E-state index contributed by atoms with van der Waals surface area (Å²) in [6, 6.07) is 0. The van der Waals surface area contributed by atoms with Crippen molar-refractivity contribution in [2.24, 2.45) is 7.05 Å². The van der Waals surface area contributed by atoms with Crippen molar-refractivity contribution in [3.05, 3.63) is 17.0 Å². The van der Waals surface area contributed by atoms with Gasteiger partial charge >= 0.3 is 12.1 Å². The topological polar surface area (TPSA) is 17.8 Å². The predicted octanol–water partition coefficient (Wildman–Crippen LogP) is 3.75. The molecule has 1 aromatic heterocycles. The molecule has 0 radical (unpaired) electrons. The van der Waals surface area contributed by atoms with Gasteiger partial charge in [-0.2, -0.15) is 27.1 Å². The SMILES string of the molecule is CCc1c(C(C)(F)F)c(C(F)(F)C(F)(F)F)nn1C. The summed E-state index contributed by atoms with van der Waals surface area (Å²) in [6.07, 6.45) is -6.12. The van der Waals surface area contributed by atoms with Gasteiger partial charge in [0.25, 0.3) is 5.92 Å². The summed E-state index contributed by atoms with van der Waals surface area (Å²) in [7, 11) is 1.05. The highest BCUT2D eigenvalue weighted by Gasteiger charge is 2.63. The van der Waals surface area contributed by atoms with Crippen molar-refractivity contribution in [2.75, 3.05) is 0 Å². The molecule has 0 aromatic carbocycles. The maximum Gasteiger partial charge on any atom is 0.459 e. The number of alkyl halides is 7. The van der Waals surface area contributed by atoms with Crippen LogP contribution in [0.4, 0.5) is 30.7 Å². The molecule has 0 spiro atoms. The Hall–Kier alpha value is -1.28. The molecule has 0 fully saturated rings. The predicted molar refractivity (Wildman–Crippen MR) is 52.1 cm³/mol. The molecule has 0 N–H and O–H groups in total. The van der Waals surface area contributed by atoms with E-state index in [-0.39, 0.29) is 19.0 Å². The molecular weight excluding hydrogens is 281 g/mol. The quantitative estimate of drug-likeness (QED) is 0.776. The van der Waals surface area contributed by atoms with Crippen LogP contribution in [-0.2, 0) is 25.3 Å². The maximum atomic E-state index is 13.3. The van der Waals surface area contributed by atoms with Gasteiger partial charge in [0.15, 0.2) is 5.69 Å². The van der Waals surface area contributed by atoms with E-state index in [1.807, 2.05) is 0 Å². The monoisotopic (exact) mass is 292 g/mol. The number of halogens is 7. The third kappa shape index (κ3) is 2.55. The third-order valence-electron chi connectivity index (χ3n) is 2.59. The molecule has 2 nitrogen and oxygen atoms in total. The minimum absolute atomic E-state index is 0.143. The fourth-order valence-corrected chi connectivity index (χ4v) is 1.78. The molecule has 0 saturated heterocycles. The summed E-state index contributed by atoms with van der Waals surface area (Å²) in [5, 5.41) is 2.95. The zero-order valence-electron chi connectivity index (χ0n) is 10.2. The van der Waals surface area contributed by atoms with Crippen LogP contribution in [0, 0.1) is 0 Å². The fraction of sp³-hybridized carbons (Fsp3) is 0.700. The second kappa shape index (κ2) is 4.38. The van der Waals surface area contributed by atoms with Crippen molar-refractivity contribution in [3.8, 4) is 0 Å². The Morgan fingerprint density at radius 1 is 1.05 bits per heavy atom. The normalized spacial score (nSPS) is 14.0. The summed E-state index contributed by atoms with van der Waals surface area (Å²) in [5.74, 6) is -9.27. The van der Waals surface area contributed by atoms with E-state index in [1.165, 1.54) is 6.92 Å². The van der Waals surface area contributed by atoms with E-state index in [1.54, 1.807) is 0 Å². The van der Waals surface area contributed by atoms with Crippen LogP contribution in [0.5, 0.6) is 0 Å². The first-order valence-corrected chi connectivity index (χ1v) is 5.23. The van der Waals surface area contributed by atoms with Gasteiger partial charge in [-0.25, -0.2) is 8.78 Å². The highest BCUT2D eigenvalue weighted by atomic mass is 19.4. The van der Waals surface area contributed by atoms with Crippen LogP contribution in [0.25, 0.3) is 0 Å². The second-order valence-corrected chi connectivity index (χ2v) is 4.11. The first kappa shape index (κ1) is 15.8. The molecule has 110 valence electrons. The van der Waals surface area contributed by atoms with E-state index in [2.05, 4.69) is 5.10 Å². The first-order valence-electron chi connectivity index (χ1n) is 5.23. The fourth-order valence-electron chi connectivity index (χ4n) is 1.78. The van der Waals surface area contributed by atoms with Crippen LogP contribution in [-0.4, -0.2) is 16.0 Å². The molecule has 1 rings (SSSR count). The Kier molecular flexibility index (Phi) is 3.64. The number of rotatable bonds is 3. The van der Waals surface area contributed by atoms with Crippen molar-refractivity contribution in [3.63, 3.8) is 0 Å². The molecule has 0 atom stereocenters. The summed E-state index contributed by atoms with van der Waals surface area (Å²) in [6.45, 7) is 1.63. The van der Waals surface area contributed by atoms with Gasteiger partial charge in [0.2, 0.25) is 0 Å². The molecule has 0 aliphatic rings. The number of hydrogen-bond acceptors (Lipinski definition) is 1. The third-order valence-corrected chi connectivity index (χ3v) is 2.59. The standard InChI is InChI=1S/C10H11F7N2/c1-4-5-6(8(2,11)12)7(18-19(5)3)9(13,14)10(15,16)17/h4H2,1-3H3. The summed E-state index contributed by atoms with van der Waals surface area (Å²) >= 11 is 0. The number of aromatic nitrogens is 2. The van der Waals surface area contributed by atoms with Crippen LogP contribution < -0.4 is 0 Å². The van der Waals surface area contributed by atoms with E-state index >= 15 is 0 Å². The van der Waals surface area contributed by atoms with Crippen LogP contribution in [0.2, 0.25) is 0 Å². The lowest BCUT2D eigenvalue weighted by Crippen LogP contribution is -2.36. The van der Waals surface area contributed by atoms with Gasteiger partial charge in [0.05, 0.1) is 5.56 Å². The van der Waals surface area contributed by atoms with Crippen LogP contribution in [0.1, 0.15) is 30.8 Å². The van der Waals surface area contributed by atoms with Gasteiger partial charge in [-0.1, -0.05) is 6.92 Å². The maximum absolute atomic E-state index is 13.3. The van der Waals surface area contributed by atoms with E-state index in [4.69, 9.17) is 0 Å². The lowest BCUT2D eigenvalue weighted by molar-refractivity contribution is -0.291. The van der Waals surface area contributed by atoms with Crippen molar-refractivity contribution >= 4 is 0 Å². The van der Waals surface area contributed by atoms with Crippen molar-refractivity contribution in [1.82, 2.24) is 9.78 Å². The second-order valence-electron chi connectivity index (χ2n) is 4.11. The van der Waals surface area contributed by atoms with E-state index in [9.17, 15) is 30.7 Å². The van der Waals surface area contributed by atoms with Crippen LogP contribution in [0.15, 0.2) is 0 Å². The Labute approximate surface area is 104 Å². The molecule has 0 bridgehead atoms. The lowest BCUT2D eigenvalue weighted by atomic mass is 10.0. The van der Waals surface area contributed by atoms with Crippen molar-refractivity contribution in [1.29, 1.82) is 0 Å². The van der Waals surface area contributed by atoms with Gasteiger partial charge in [0, 0.05) is 19.7 Å². The summed E-state index contributed by atoms with van der Waals surface area (Å²) in [4.78, 5) is 0. The number of aryl methyl sites for hydroxylation is 1. The average molecular weight is 292 g/mol. The zero-order valence-corrected chi connectivity index (χ0v) is 10.2. The summed E-state index contributed by atoms with van der Waals surface area (Å²) in [5.41, 5.74) is -3.65. The molecule has 0 saturated carbocycles. The van der Waals surface area contributed by atoms with Gasteiger partial charge < -0.3 is 0 Å². The minimum atomic E-state index is -5.98. The highest BCUT2D eigenvalue weighted by Crippen LogP contribution is 2.48. The van der Waals surface area contributed by atoms with Gasteiger partial charge in [-0.05, 0) is 6.42 Å². The smallest absolute Gasteiger partial charge is 0.272 e. The Balaban J connectivity index is 3.63. The largest absolute Gasteiger partial charge is 0.459 e. The van der Waals surface area contributed by atoms with Crippen molar-refractivity contribution < 1.29 is 30.7 Å². The Bertz CT molecular complexity index is 467. The molecule has 19 heavy (non-hydrogen) atoms. The number of hydrogen-bond donors (Lipinski definition) is 0. The first-order chi connectivity index (χ1) is 8.34. The van der Waals surface area contributed by atoms with Gasteiger partial charge in [-0.15, -0.1) is 0 Å². The molecule has 1 heterocycles. The number of nitrogens with zero attached hydrogens (tertiary/aromatic N) is 2. The van der Waals surface area contributed by atoms with E-state index in [0.29, 0.717) is 4.68 Å². The Morgan fingerprint density at radius 2 is 1.53 bits per heavy atom. The Morgan fingerprint density at radius 3 is 1.84 bits per heavy atom. The molecular formula is C10H11F7N2. The highest BCUT2D eigenvalue weighted by molar-refractivity contribution is 5.34. The van der Waals surface area contributed by atoms with E-state index in [0.717, 1.165) is 7.05 Å². The molecule has 0 unspecified atom stereocenters. The molecule has 0 aliphatic carbocycles. The van der Waals surface area contributed by atoms with Gasteiger partial charge in [-0.3, -0.25) is 4.68 Å². The molecule has 1 aromatic rings. The lowest BCUT2D eigenvalue weighted by Gasteiger charge is -2.21. The summed E-state index contributed by atoms with van der Waals surface area (Å²) < 4.78 is 90.7. The molecule has 9 heteroatoms. The van der Waals surface area contributed by atoms with Crippen LogP contribution >= 0.6 is 0 Å². The van der Waals surface area contributed by atoms with E-state index < -0.39 is 29.3 Å². The van der Waals surface area contributed by atoms with Crippen molar-refractivity contribution in [2.45, 2.75) is 38.3 Å². The average Bonchev–Trinajstić information content (AvgIpc) is 2.53. The minimum Gasteiger partial charge on any atom is -0.272 e. The van der Waals surface area contributed by atoms with Crippen LogP contribution in [0.3, 0.4) is 0 Å². The zero-order chi connectivity index (χ0) is 15.2. The molecule has 0 amide bonds.